The van der Waals surface area contributed by atoms with E-state index in [0.717, 1.165) is 0 Å². The van der Waals surface area contributed by atoms with Crippen LogP contribution in [0.15, 0.2) is 57.6 Å². The van der Waals surface area contributed by atoms with E-state index in [2.05, 4.69) is 10.2 Å². The molecule has 0 N–H and O–H groups in total. The molecular formula is C13H10ClN2O4S-. The van der Waals surface area contributed by atoms with Gasteiger partial charge in [0.2, 0.25) is 0 Å². The molecule has 0 unspecified atom stereocenters. The molecule has 0 aromatic heterocycles. The SMILES string of the molecule is COc1ccc(N=Nc2ccc(S(=O)(=O)[O-])cc2)c(Cl)c1. The quantitative estimate of drug-likeness (QED) is 0.633. The van der Waals surface area contributed by atoms with Crippen LogP contribution in [-0.4, -0.2) is 20.1 Å². The van der Waals surface area contributed by atoms with E-state index in [1.54, 1.807) is 18.2 Å². The van der Waals surface area contributed by atoms with E-state index in [4.69, 9.17) is 16.3 Å². The molecule has 2 aromatic rings. The Bertz CT molecular complexity index is 773. The second-order valence-electron chi connectivity index (χ2n) is 3.97. The topological polar surface area (TPSA) is 91.2 Å². The number of ether oxygens (including phenoxy) is 1. The fourth-order valence-corrected chi connectivity index (χ4v) is 2.16. The van der Waals surface area contributed by atoms with Crippen molar-refractivity contribution in [3.05, 3.63) is 47.5 Å². The Hall–Kier alpha value is -1.96. The predicted molar refractivity (Wildman–Crippen MR) is 76.6 cm³/mol. The summed E-state index contributed by atoms with van der Waals surface area (Å²) in [5.41, 5.74) is 0.840. The first-order valence-corrected chi connectivity index (χ1v) is 7.50. The number of nitrogens with zero attached hydrogens (tertiary/aromatic N) is 2. The van der Waals surface area contributed by atoms with Crippen LogP contribution < -0.4 is 4.74 Å². The molecule has 8 heteroatoms. The maximum atomic E-state index is 10.8. The first-order chi connectivity index (χ1) is 9.90. The summed E-state index contributed by atoms with van der Waals surface area (Å²) in [6.07, 6.45) is 0. The number of rotatable bonds is 4. The second-order valence-corrected chi connectivity index (χ2v) is 5.75. The third kappa shape index (κ3) is 4.01. The monoisotopic (exact) mass is 325 g/mol. The molecule has 0 aliphatic rings. The number of hydrogen-bond donors (Lipinski definition) is 0. The highest BCUT2D eigenvalue weighted by Gasteiger charge is 2.02. The highest BCUT2D eigenvalue weighted by Crippen LogP contribution is 2.30. The summed E-state index contributed by atoms with van der Waals surface area (Å²) in [5, 5.41) is 8.24. The van der Waals surface area contributed by atoms with Crippen LogP contribution in [0.5, 0.6) is 5.75 Å². The standard InChI is InChI=1S/C13H11ClN2O4S/c1-20-10-4-7-13(12(14)8-10)16-15-9-2-5-11(6-3-9)21(17,18)19/h2-8H,1H3,(H,17,18,19)/p-1. The Morgan fingerprint density at radius 2 is 1.76 bits per heavy atom. The van der Waals surface area contributed by atoms with Crippen molar-refractivity contribution in [2.75, 3.05) is 7.11 Å². The summed E-state index contributed by atoms with van der Waals surface area (Å²) >= 11 is 6.01. The van der Waals surface area contributed by atoms with Gasteiger partial charge in [0, 0.05) is 6.07 Å². The van der Waals surface area contributed by atoms with Crippen LogP contribution in [0.2, 0.25) is 5.02 Å². The van der Waals surface area contributed by atoms with Crippen LogP contribution in [-0.2, 0) is 10.1 Å². The molecule has 0 bridgehead atoms. The molecular weight excluding hydrogens is 316 g/mol. The third-order valence-corrected chi connectivity index (χ3v) is 3.71. The minimum atomic E-state index is -4.46. The van der Waals surface area contributed by atoms with E-state index in [-0.39, 0.29) is 4.90 Å². The Kier molecular flexibility index (Phi) is 4.56. The van der Waals surface area contributed by atoms with E-state index in [1.165, 1.54) is 31.4 Å². The van der Waals surface area contributed by atoms with E-state index in [0.29, 0.717) is 22.1 Å². The van der Waals surface area contributed by atoms with E-state index in [9.17, 15) is 13.0 Å². The smallest absolute Gasteiger partial charge is 0.124 e. The number of benzene rings is 2. The first kappa shape index (κ1) is 15.4. The van der Waals surface area contributed by atoms with Gasteiger partial charge in [-0.05, 0) is 36.4 Å². The van der Waals surface area contributed by atoms with E-state index < -0.39 is 10.1 Å². The highest BCUT2D eigenvalue weighted by molar-refractivity contribution is 7.85. The summed E-state index contributed by atoms with van der Waals surface area (Å²) in [7, 11) is -2.93. The zero-order chi connectivity index (χ0) is 15.5. The summed E-state index contributed by atoms with van der Waals surface area (Å²) in [4.78, 5) is -0.316. The van der Waals surface area contributed by atoms with Gasteiger partial charge in [0.15, 0.2) is 0 Å². The Morgan fingerprint density at radius 3 is 2.29 bits per heavy atom. The Morgan fingerprint density at radius 1 is 1.10 bits per heavy atom. The van der Waals surface area contributed by atoms with Crippen molar-refractivity contribution in [3.63, 3.8) is 0 Å². The minimum Gasteiger partial charge on any atom is -0.744 e. The van der Waals surface area contributed by atoms with E-state index in [1.807, 2.05) is 0 Å². The molecule has 0 radical (unpaired) electrons. The average Bonchev–Trinajstić information content (AvgIpc) is 2.45. The first-order valence-electron chi connectivity index (χ1n) is 5.71. The van der Waals surface area contributed by atoms with Crippen LogP contribution in [0, 0.1) is 0 Å². The number of azo groups is 1. The van der Waals surface area contributed by atoms with Gasteiger partial charge in [0.1, 0.15) is 21.6 Å². The van der Waals surface area contributed by atoms with Crippen molar-refractivity contribution in [3.8, 4) is 5.75 Å². The van der Waals surface area contributed by atoms with Gasteiger partial charge in [0.05, 0.1) is 22.7 Å². The molecule has 0 spiro atoms. The lowest BCUT2D eigenvalue weighted by Gasteiger charge is -2.05. The average molecular weight is 326 g/mol. The lowest BCUT2D eigenvalue weighted by atomic mass is 10.3. The normalized spacial score (nSPS) is 11.8. The predicted octanol–water partition coefficient (Wildman–Crippen LogP) is 3.67. The molecule has 0 atom stereocenters. The molecule has 0 amide bonds. The minimum absolute atomic E-state index is 0.316. The number of methoxy groups -OCH3 is 1. The Balaban J connectivity index is 2.22. The summed E-state index contributed by atoms with van der Waals surface area (Å²) in [6, 6.07) is 10.0. The molecule has 0 heterocycles. The van der Waals surface area contributed by atoms with Crippen molar-refractivity contribution < 1.29 is 17.7 Å². The molecule has 2 aromatic carbocycles. The molecule has 0 fully saturated rings. The van der Waals surface area contributed by atoms with Crippen LogP contribution >= 0.6 is 11.6 Å². The molecule has 0 aliphatic heterocycles. The number of hydrogen-bond acceptors (Lipinski definition) is 6. The summed E-state index contributed by atoms with van der Waals surface area (Å²) < 4.78 is 37.4. The lowest BCUT2D eigenvalue weighted by Crippen LogP contribution is -1.97. The fraction of sp³-hybridized carbons (Fsp3) is 0.0769. The zero-order valence-electron chi connectivity index (χ0n) is 10.9. The van der Waals surface area contributed by atoms with Gasteiger partial charge in [-0.25, -0.2) is 8.42 Å². The maximum Gasteiger partial charge on any atom is 0.124 e. The summed E-state index contributed by atoms with van der Waals surface area (Å²) in [6.45, 7) is 0. The zero-order valence-corrected chi connectivity index (χ0v) is 12.4. The molecule has 0 aliphatic carbocycles. The molecule has 21 heavy (non-hydrogen) atoms. The Labute approximate surface area is 126 Å². The second kappa shape index (κ2) is 6.21. The van der Waals surface area contributed by atoms with Crippen molar-refractivity contribution in [2.24, 2.45) is 10.2 Å². The van der Waals surface area contributed by atoms with Gasteiger partial charge in [0.25, 0.3) is 0 Å². The number of halogens is 1. The van der Waals surface area contributed by atoms with Gasteiger partial charge >= 0.3 is 0 Å². The molecule has 6 nitrogen and oxygen atoms in total. The lowest BCUT2D eigenvalue weighted by molar-refractivity contribution is 0.415. The van der Waals surface area contributed by atoms with Crippen LogP contribution in [0.4, 0.5) is 11.4 Å². The largest absolute Gasteiger partial charge is 0.744 e. The molecule has 110 valence electrons. The van der Waals surface area contributed by atoms with Crippen molar-refractivity contribution in [1.82, 2.24) is 0 Å². The van der Waals surface area contributed by atoms with Crippen molar-refractivity contribution in [1.29, 1.82) is 0 Å². The van der Waals surface area contributed by atoms with Crippen molar-refractivity contribution >= 4 is 33.1 Å². The van der Waals surface area contributed by atoms with Gasteiger partial charge in [-0.2, -0.15) is 5.11 Å². The molecule has 0 saturated heterocycles. The van der Waals surface area contributed by atoms with Crippen LogP contribution in [0.3, 0.4) is 0 Å². The van der Waals surface area contributed by atoms with Gasteiger partial charge in [-0.15, -0.1) is 5.11 Å². The van der Waals surface area contributed by atoms with Crippen LogP contribution in [0.1, 0.15) is 0 Å². The molecule has 0 saturated carbocycles. The third-order valence-electron chi connectivity index (χ3n) is 2.55. The van der Waals surface area contributed by atoms with Gasteiger partial charge < -0.3 is 9.29 Å². The fourth-order valence-electron chi connectivity index (χ4n) is 1.49. The molecule has 2 rings (SSSR count). The van der Waals surface area contributed by atoms with Crippen molar-refractivity contribution in [2.45, 2.75) is 4.90 Å². The maximum absolute atomic E-state index is 10.8. The van der Waals surface area contributed by atoms with Crippen LogP contribution in [0.25, 0.3) is 0 Å². The highest BCUT2D eigenvalue weighted by atomic mass is 35.5. The van der Waals surface area contributed by atoms with E-state index >= 15 is 0 Å². The van der Waals surface area contributed by atoms with Gasteiger partial charge in [-0.1, -0.05) is 11.6 Å². The summed E-state index contributed by atoms with van der Waals surface area (Å²) in [5.74, 6) is 0.601. The van der Waals surface area contributed by atoms with Gasteiger partial charge in [-0.3, -0.25) is 0 Å².